The molecule has 1 unspecified atom stereocenters. The van der Waals surface area contributed by atoms with Gasteiger partial charge in [0.2, 0.25) is 0 Å². The average Bonchev–Trinajstić information content (AvgIpc) is 2.24. The van der Waals surface area contributed by atoms with Crippen LogP contribution in [0.5, 0.6) is 0 Å². The molecule has 0 aromatic rings. The molecule has 0 bridgehead atoms. The molecule has 16 heavy (non-hydrogen) atoms. The first-order valence-electron chi connectivity index (χ1n) is 5.20. The van der Waals surface area contributed by atoms with Gasteiger partial charge in [0.15, 0.2) is 0 Å². The summed E-state index contributed by atoms with van der Waals surface area (Å²) in [6.45, 7) is 2.29. The zero-order valence-electron chi connectivity index (χ0n) is 9.69. The molecule has 5 nitrogen and oxygen atoms in total. The lowest BCUT2D eigenvalue weighted by Crippen LogP contribution is -2.42. The Labute approximate surface area is 95.8 Å². The molecule has 0 aromatic heterocycles. The maximum absolute atomic E-state index is 11.5. The van der Waals surface area contributed by atoms with Gasteiger partial charge in [0.25, 0.3) is 0 Å². The van der Waals surface area contributed by atoms with E-state index in [0.717, 1.165) is 0 Å². The van der Waals surface area contributed by atoms with Gasteiger partial charge in [-0.3, -0.25) is 4.79 Å². The molecule has 2 amide bonds. The highest BCUT2D eigenvalue weighted by atomic mass is 16.4. The minimum Gasteiger partial charge on any atom is -0.481 e. The van der Waals surface area contributed by atoms with E-state index >= 15 is 0 Å². The van der Waals surface area contributed by atoms with Crippen molar-refractivity contribution in [3.8, 4) is 12.3 Å². The topological polar surface area (TPSA) is 69.6 Å². The lowest BCUT2D eigenvalue weighted by Gasteiger charge is -2.19. The molecule has 0 aliphatic carbocycles. The number of rotatable bonds is 6. The Bertz CT molecular complexity index is 283. The lowest BCUT2D eigenvalue weighted by molar-refractivity contribution is -0.137. The van der Waals surface area contributed by atoms with E-state index in [1.54, 1.807) is 7.05 Å². The quantitative estimate of drug-likeness (QED) is 0.661. The third-order valence-corrected chi connectivity index (χ3v) is 2.14. The fraction of sp³-hybridized carbons (Fsp3) is 0.636. The van der Waals surface area contributed by atoms with Crippen molar-refractivity contribution >= 4 is 12.0 Å². The molecular formula is C11H18N2O3. The molecule has 2 N–H and O–H groups in total. The number of amides is 2. The van der Waals surface area contributed by atoms with E-state index in [9.17, 15) is 9.59 Å². The van der Waals surface area contributed by atoms with Gasteiger partial charge >= 0.3 is 12.0 Å². The fourth-order valence-electron chi connectivity index (χ4n) is 1.09. The third-order valence-electron chi connectivity index (χ3n) is 2.14. The van der Waals surface area contributed by atoms with Gasteiger partial charge in [-0.15, -0.1) is 6.42 Å². The second-order valence-electron chi connectivity index (χ2n) is 3.50. The molecule has 0 saturated carbocycles. The van der Waals surface area contributed by atoms with Gasteiger partial charge in [0.1, 0.15) is 0 Å². The average molecular weight is 226 g/mol. The first-order valence-corrected chi connectivity index (χ1v) is 5.20. The molecule has 0 aromatic carbocycles. The number of urea groups is 1. The molecule has 0 saturated heterocycles. The highest BCUT2D eigenvalue weighted by molar-refractivity contribution is 5.74. The predicted molar refractivity (Wildman–Crippen MR) is 60.9 cm³/mol. The second-order valence-corrected chi connectivity index (χ2v) is 3.50. The fourth-order valence-corrected chi connectivity index (χ4v) is 1.09. The van der Waals surface area contributed by atoms with Crippen LogP contribution in [0.15, 0.2) is 0 Å². The van der Waals surface area contributed by atoms with Crippen LogP contribution in [0, 0.1) is 12.3 Å². The van der Waals surface area contributed by atoms with E-state index in [4.69, 9.17) is 11.5 Å². The van der Waals surface area contributed by atoms with E-state index in [-0.39, 0.29) is 18.5 Å². The SMILES string of the molecule is C#CC(CC)NC(=O)N(C)CCCC(=O)O. The molecule has 1 atom stereocenters. The molecule has 5 heteroatoms. The molecular weight excluding hydrogens is 208 g/mol. The Morgan fingerprint density at radius 1 is 1.56 bits per heavy atom. The van der Waals surface area contributed by atoms with E-state index in [0.29, 0.717) is 19.4 Å². The summed E-state index contributed by atoms with van der Waals surface area (Å²) in [7, 11) is 1.61. The summed E-state index contributed by atoms with van der Waals surface area (Å²) in [5.74, 6) is 1.60. The number of hydrogen-bond donors (Lipinski definition) is 2. The zero-order valence-corrected chi connectivity index (χ0v) is 9.69. The van der Waals surface area contributed by atoms with Crippen LogP contribution in [0.1, 0.15) is 26.2 Å². The van der Waals surface area contributed by atoms with E-state index < -0.39 is 5.97 Å². The Balaban J connectivity index is 3.90. The molecule has 0 rings (SSSR count). The number of hydrogen-bond acceptors (Lipinski definition) is 2. The van der Waals surface area contributed by atoms with Crippen LogP contribution in [0.25, 0.3) is 0 Å². The highest BCUT2D eigenvalue weighted by Gasteiger charge is 2.11. The molecule has 0 heterocycles. The number of carboxylic acids is 1. The summed E-state index contributed by atoms with van der Waals surface area (Å²) in [4.78, 5) is 23.2. The predicted octanol–water partition coefficient (Wildman–Crippen LogP) is 0.904. The van der Waals surface area contributed by atoms with Crippen molar-refractivity contribution in [2.24, 2.45) is 0 Å². The van der Waals surface area contributed by atoms with Gasteiger partial charge in [0.05, 0.1) is 6.04 Å². The minimum atomic E-state index is -0.858. The summed E-state index contributed by atoms with van der Waals surface area (Å²) in [6, 6.07) is -0.537. The molecule has 0 aliphatic rings. The van der Waals surface area contributed by atoms with Crippen molar-refractivity contribution in [3.05, 3.63) is 0 Å². The van der Waals surface area contributed by atoms with E-state index in [1.165, 1.54) is 4.90 Å². The van der Waals surface area contributed by atoms with Crippen LogP contribution >= 0.6 is 0 Å². The monoisotopic (exact) mass is 226 g/mol. The second kappa shape index (κ2) is 7.57. The maximum atomic E-state index is 11.5. The zero-order chi connectivity index (χ0) is 12.6. The van der Waals surface area contributed by atoms with Crippen LogP contribution in [-0.2, 0) is 4.79 Å². The van der Waals surface area contributed by atoms with Crippen molar-refractivity contribution in [1.82, 2.24) is 10.2 Å². The number of carboxylic acid groups (broad SMARTS) is 1. The van der Waals surface area contributed by atoms with Crippen LogP contribution in [0.3, 0.4) is 0 Å². The maximum Gasteiger partial charge on any atom is 0.318 e. The number of aliphatic carboxylic acids is 1. The van der Waals surface area contributed by atoms with Crippen LogP contribution in [0.2, 0.25) is 0 Å². The van der Waals surface area contributed by atoms with Crippen LogP contribution < -0.4 is 5.32 Å². The number of carbonyl (C=O) groups excluding carboxylic acids is 1. The van der Waals surface area contributed by atoms with Gasteiger partial charge < -0.3 is 15.3 Å². The summed E-state index contributed by atoms with van der Waals surface area (Å²) in [5.41, 5.74) is 0. The normalized spacial score (nSPS) is 11.3. The smallest absolute Gasteiger partial charge is 0.318 e. The Hall–Kier alpha value is -1.70. The molecule has 0 spiro atoms. The van der Waals surface area contributed by atoms with Crippen LogP contribution in [0.4, 0.5) is 4.79 Å². The van der Waals surface area contributed by atoms with Crippen molar-refractivity contribution in [1.29, 1.82) is 0 Å². The standard InChI is InChI=1S/C11H18N2O3/c1-4-9(5-2)12-11(16)13(3)8-6-7-10(14)15/h1,9H,5-8H2,2-3H3,(H,12,16)(H,14,15). The van der Waals surface area contributed by atoms with Crippen molar-refractivity contribution in [2.75, 3.05) is 13.6 Å². The van der Waals surface area contributed by atoms with Gasteiger partial charge in [0, 0.05) is 20.0 Å². The molecule has 90 valence electrons. The summed E-state index contributed by atoms with van der Waals surface area (Å²) < 4.78 is 0. The molecule has 0 fully saturated rings. The van der Waals surface area contributed by atoms with Crippen molar-refractivity contribution < 1.29 is 14.7 Å². The first kappa shape index (κ1) is 14.3. The number of carbonyl (C=O) groups is 2. The van der Waals surface area contributed by atoms with Crippen LogP contribution in [-0.4, -0.2) is 41.6 Å². The number of terminal acetylenes is 1. The largest absolute Gasteiger partial charge is 0.481 e. The van der Waals surface area contributed by atoms with E-state index in [2.05, 4.69) is 11.2 Å². The third kappa shape index (κ3) is 5.91. The van der Waals surface area contributed by atoms with Gasteiger partial charge in [-0.2, -0.15) is 0 Å². The van der Waals surface area contributed by atoms with Gasteiger partial charge in [-0.1, -0.05) is 12.8 Å². The Morgan fingerprint density at radius 2 is 2.19 bits per heavy atom. The highest BCUT2D eigenvalue weighted by Crippen LogP contribution is 1.95. The Kier molecular flexibility index (Phi) is 6.77. The van der Waals surface area contributed by atoms with Crippen molar-refractivity contribution in [2.45, 2.75) is 32.2 Å². The first-order chi connectivity index (χ1) is 7.51. The lowest BCUT2D eigenvalue weighted by atomic mass is 10.2. The summed E-state index contributed by atoms with van der Waals surface area (Å²) in [6.07, 6.45) is 6.38. The van der Waals surface area contributed by atoms with E-state index in [1.807, 2.05) is 6.92 Å². The summed E-state index contributed by atoms with van der Waals surface area (Å²) >= 11 is 0. The summed E-state index contributed by atoms with van der Waals surface area (Å²) in [5, 5.41) is 11.1. The van der Waals surface area contributed by atoms with Crippen molar-refractivity contribution in [3.63, 3.8) is 0 Å². The van der Waals surface area contributed by atoms with Gasteiger partial charge in [-0.25, -0.2) is 4.79 Å². The minimum absolute atomic E-state index is 0.0595. The van der Waals surface area contributed by atoms with Gasteiger partial charge in [-0.05, 0) is 12.8 Å². The molecule has 0 aliphatic heterocycles. The molecule has 0 radical (unpaired) electrons. The Morgan fingerprint density at radius 3 is 2.62 bits per heavy atom. The number of nitrogens with zero attached hydrogens (tertiary/aromatic N) is 1. The number of nitrogens with one attached hydrogen (secondary N) is 1.